The van der Waals surface area contributed by atoms with Gasteiger partial charge in [-0.05, 0) is 83.8 Å². The molecule has 0 bridgehead atoms. The maximum atomic E-state index is 6.55. The van der Waals surface area contributed by atoms with Gasteiger partial charge in [0.05, 0.1) is 16.3 Å². The van der Waals surface area contributed by atoms with Crippen molar-refractivity contribution >= 4 is 97.8 Å². The molecule has 8 aromatic carbocycles. The summed E-state index contributed by atoms with van der Waals surface area (Å²) >= 11 is 3.68. The fourth-order valence-corrected chi connectivity index (χ4v) is 12.4. The molecular formula is C59H41N3OS2. The van der Waals surface area contributed by atoms with E-state index in [1.807, 2.05) is 28.7 Å². The monoisotopic (exact) mass is 871 g/mol. The van der Waals surface area contributed by atoms with Crippen LogP contribution in [0.1, 0.15) is 41.0 Å². The van der Waals surface area contributed by atoms with Crippen molar-refractivity contribution in [2.45, 2.75) is 24.8 Å². The Morgan fingerprint density at radius 2 is 1.31 bits per heavy atom. The lowest BCUT2D eigenvalue weighted by Gasteiger charge is -2.33. The third kappa shape index (κ3) is 6.28. The molecule has 4 nitrogen and oxygen atoms in total. The Balaban J connectivity index is 0.915. The molecule has 1 aliphatic carbocycles. The molecule has 310 valence electrons. The summed E-state index contributed by atoms with van der Waals surface area (Å²) in [4.78, 5) is 9.24. The van der Waals surface area contributed by atoms with Gasteiger partial charge in [0.25, 0.3) is 0 Å². The number of anilines is 3. The van der Waals surface area contributed by atoms with Crippen molar-refractivity contribution in [2.75, 3.05) is 10.2 Å². The maximum Gasteiger partial charge on any atom is 0.139 e. The zero-order valence-electron chi connectivity index (χ0n) is 35.5. The predicted octanol–water partition coefficient (Wildman–Crippen LogP) is 16.7. The Morgan fingerprint density at radius 1 is 0.615 bits per heavy atom. The van der Waals surface area contributed by atoms with Crippen molar-refractivity contribution in [1.29, 1.82) is 0 Å². The molecule has 1 aliphatic heterocycles. The summed E-state index contributed by atoms with van der Waals surface area (Å²) < 4.78 is 10.3. The molecule has 65 heavy (non-hydrogen) atoms. The normalized spacial score (nSPS) is 17.1. The van der Waals surface area contributed by atoms with E-state index in [9.17, 15) is 0 Å². The van der Waals surface area contributed by atoms with Gasteiger partial charge in [-0.3, -0.25) is 4.99 Å². The van der Waals surface area contributed by atoms with Gasteiger partial charge >= 0.3 is 0 Å². The molecule has 0 fully saturated rings. The quantitative estimate of drug-likeness (QED) is 0.173. The van der Waals surface area contributed by atoms with E-state index in [1.165, 1.54) is 57.4 Å². The average Bonchev–Trinajstić information content (AvgIpc) is 4.07. The van der Waals surface area contributed by atoms with Gasteiger partial charge in [-0.2, -0.15) is 0 Å². The number of amidine groups is 1. The average molecular weight is 872 g/mol. The lowest BCUT2D eigenvalue weighted by molar-refractivity contribution is 0.577. The Bertz CT molecular complexity index is 3740. The second kappa shape index (κ2) is 15.1. The van der Waals surface area contributed by atoms with Crippen molar-refractivity contribution in [1.82, 2.24) is 0 Å². The van der Waals surface area contributed by atoms with Crippen molar-refractivity contribution in [3.63, 3.8) is 0 Å². The number of hydrogen-bond acceptors (Lipinski definition) is 6. The minimum Gasteiger partial charge on any atom is -0.456 e. The van der Waals surface area contributed by atoms with E-state index in [1.54, 1.807) is 0 Å². The Morgan fingerprint density at radius 3 is 2.14 bits per heavy atom. The molecule has 13 rings (SSSR count). The molecule has 3 aromatic heterocycles. The number of benzene rings is 8. The Hall–Kier alpha value is -7.51. The number of nitrogens with zero attached hydrogens (tertiary/aromatic N) is 2. The fraction of sp³-hybridized carbons (Fsp3) is 0.0678. The van der Waals surface area contributed by atoms with Crippen molar-refractivity contribution < 1.29 is 4.42 Å². The molecule has 0 saturated heterocycles. The summed E-state index contributed by atoms with van der Waals surface area (Å²) in [6.45, 7) is 2.33. The van der Waals surface area contributed by atoms with E-state index in [-0.39, 0.29) is 11.5 Å². The van der Waals surface area contributed by atoms with Gasteiger partial charge in [-0.15, -0.1) is 22.7 Å². The number of furan rings is 1. The molecule has 0 saturated carbocycles. The predicted molar refractivity (Wildman–Crippen MR) is 277 cm³/mol. The van der Waals surface area contributed by atoms with Gasteiger partial charge in [0.1, 0.15) is 23.0 Å². The first-order chi connectivity index (χ1) is 32.1. The molecular weight excluding hydrogens is 831 g/mol. The van der Waals surface area contributed by atoms with Gasteiger partial charge in [-0.25, -0.2) is 0 Å². The van der Waals surface area contributed by atoms with Crippen LogP contribution in [0.4, 0.5) is 17.1 Å². The van der Waals surface area contributed by atoms with E-state index >= 15 is 0 Å². The van der Waals surface area contributed by atoms with Crippen LogP contribution < -0.4 is 10.2 Å². The van der Waals surface area contributed by atoms with E-state index < -0.39 is 0 Å². The lowest BCUT2D eigenvalue weighted by atomic mass is 9.76. The first kappa shape index (κ1) is 38.0. The molecule has 11 aromatic rings. The summed E-state index contributed by atoms with van der Waals surface area (Å²) in [5.74, 6) is 0.883. The molecule has 2 unspecified atom stereocenters. The first-order valence-electron chi connectivity index (χ1n) is 22.2. The van der Waals surface area contributed by atoms with E-state index in [4.69, 9.17) is 9.41 Å². The molecule has 4 heterocycles. The zero-order valence-corrected chi connectivity index (χ0v) is 37.2. The van der Waals surface area contributed by atoms with Crippen molar-refractivity contribution in [2.24, 2.45) is 4.99 Å². The molecule has 6 heteroatoms. The molecule has 2 atom stereocenters. The summed E-state index contributed by atoms with van der Waals surface area (Å²) in [5.41, 5.74) is 12.1. The molecule has 1 N–H and O–H groups in total. The summed E-state index contributed by atoms with van der Waals surface area (Å²) in [7, 11) is 0. The second-order valence-electron chi connectivity index (χ2n) is 17.3. The van der Waals surface area contributed by atoms with Crippen LogP contribution in [0.2, 0.25) is 0 Å². The van der Waals surface area contributed by atoms with Gasteiger partial charge in [0.2, 0.25) is 0 Å². The van der Waals surface area contributed by atoms with Crippen LogP contribution in [-0.2, 0) is 5.41 Å². The van der Waals surface area contributed by atoms with Crippen LogP contribution in [-0.4, -0.2) is 5.84 Å². The number of hydrogen-bond donors (Lipinski definition) is 1. The van der Waals surface area contributed by atoms with Crippen LogP contribution >= 0.6 is 22.7 Å². The maximum absolute atomic E-state index is 6.55. The smallest absolute Gasteiger partial charge is 0.139 e. The molecule has 2 aliphatic rings. The number of aliphatic imine (C=N–C) groups is 1. The first-order valence-corrected chi connectivity index (χ1v) is 23.8. The fourth-order valence-electron chi connectivity index (χ4n) is 10.0. The zero-order chi connectivity index (χ0) is 43.1. The third-order valence-electron chi connectivity index (χ3n) is 13.3. The van der Waals surface area contributed by atoms with Crippen LogP contribution in [0, 0.1) is 0 Å². The molecule has 0 radical (unpaired) electrons. The SMILES string of the molecule is CC1(c2cccc3c2oc2ccccc23)C=CC(N(c2ccccc2)c2cccc3sc4ccc(C5=NC(c6ccc(-c7ccccc7)cc6)c6sc7ccccc7c6N5)cc4c23)=CC1. The molecule has 0 amide bonds. The molecule has 0 spiro atoms. The van der Waals surface area contributed by atoms with E-state index in [0.717, 1.165) is 62.5 Å². The number of rotatable bonds is 7. The standard InChI is InChI=1S/C59H41N3OS2/c1-59(47-21-12-20-44-43-18-8-10-23-49(43)63-56(44)47)34-32-42(33-35-59)62(41-16-6-3-7-17-41)48-22-13-25-52-53(48)46-36-40(30-31-51(46)64-52)58-60-54(57-55(61-58)45-19-9-11-24-50(45)65-57)39-28-26-38(27-29-39)37-14-4-2-5-15-37/h2-34,36,54H,35H2,1H3,(H,60,61). The van der Waals surface area contributed by atoms with E-state index in [2.05, 4.69) is 217 Å². The Kier molecular flexibility index (Phi) is 8.80. The third-order valence-corrected chi connectivity index (χ3v) is 15.7. The number of allylic oxidation sites excluding steroid dienone is 3. The highest BCUT2D eigenvalue weighted by Crippen LogP contribution is 2.49. The van der Waals surface area contributed by atoms with Gasteiger partial charge < -0.3 is 14.6 Å². The van der Waals surface area contributed by atoms with Crippen LogP contribution in [0.25, 0.3) is 63.3 Å². The highest BCUT2D eigenvalue weighted by Gasteiger charge is 2.32. The summed E-state index contributed by atoms with van der Waals surface area (Å²) in [5, 5.41) is 9.86. The number of fused-ring (bicyclic) bond motifs is 9. The van der Waals surface area contributed by atoms with Gasteiger partial charge in [0, 0.05) is 69.0 Å². The van der Waals surface area contributed by atoms with E-state index in [0.29, 0.717) is 0 Å². The minimum absolute atomic E-state index is 0.142. The highest BCUT2D eigenvalue weighted by atomic mass is 32.1. The van der Waals surface area contributed by atoms with Crippen LogP contribution in [0.5, 0.6) is 0 Å². The van der Waals surface area contributed by atoms with Crippen molar-refractivity contribution in [3.05, 3.63) is 234 Å². The minimum atomic E-state index is -0.252. The Labute approximate surface area is 384 Å². The number of nitrogens with one attached hydrogen (secondary N) is 1. The summed E-state index contributed by atoms with van der Waals surface area (Å²) in [6.07, 6.45) is 7.92. The summed E-state index contributed by atoms with van der Waals surface area (Å²) in [6, 6.07) is 67.5. The van der Waals surface area contributed by atoms with Crippen LogP contribution in [0.15, 0.2) is 221 Å². The number of para-hydroxylation sites is 3. The largest absolute Gasteiger partial charge is 0.456 e. The lowest BCUT2D eigenvalue weighted by Crippen LogP contribution is -2.24. The van der Waals surface area contributed by atoms with Crippen LogP contribution in [0.3, 0.4) is 0 Å². The second-order valence-corrected chi connectivity index (χ2v) is 19.5. The topological polar surface area (TPSA) is 40.8 Å². The number of thiophene rings is 2. The van der Waals surface area contributed by atoms with Gasteiger partial charge in [-0.1, -0.05) is 153 Å². The van der Waals surface area contributed by atoms with Crippen molar-refractivity contribution in [3.8, 4) is 11.1 Å². The van der Waals surface area contributed by atoms with Gasteiger partial charge in [0.15, 0.2) is 0 Å². The highest BCUT2D eigenvalue weighted by molar-refractivity contribution is 7.26.